The van der Waals surface area contributed by atoms with Crippen molar-refractivity contribution in [3.05, 3.63) is 68.6 Å². The summed E-state index contributed by atoms with van der Waals surface area (Å²) >= 11 is 6.68. The van der Waals surface area contributed by atoms with Gasteiger partial charge in [0.1, 0.15) is 6.10 Å². The Labute approximate surface area is 148 Å². The fraction of sp³-hybridized carbons (Fsp3) is 0.235. The minimum absolute atomic E-state index is 0.132. The first kappa shape index (κ1) is 18.7. The largest absolute Gasteiger partial charge is 0.420 e. The van der Waals surface area contributed by atoms with Gasteiger partial charge >= 0.3 is 0 Å². The van der Waals surface area contributed by atoms with Gasteiger partial charge in [-0.15, -0.1) is 0 Å². The van der Waals surface area contributed by atoms with Crippen LogP contribution in [0, 0.1) is 11.5 Å². The Morgan fingerprint density at radius 1 is 0.909 bits per heavy atom. The molecule has 0 aliphatic carbocycles. The molecule has 0 saturated carbocycles. The molecule has 0 aliphatic rings. The normalized spacial score (nSPS) is 12.4. The van der Waals surface area contributed by atoms with Crippen LogP contribution in [-0.2, 0) is 4.74 Å². The maximum absolute atomic E-state index is 8.27. The number of benzene rings is 2. The highest BCUT2D eigenvalue weighted by molar-refractivity contribution is 9.10. The highest BCUT2D eigenvalue weighted by Gasteiger charge is 2.04. The average molecular weight is 426 g/mol. The van der Waals surface area contributed by atoms with Gasteiger partial charge in [-0.05, 0) is 49.2 Å². The summed E-state index contributed by atoms with van der Waals surface area (Å²) in [7, 11) is 0. The van der Waals surface area contributed by atoms with E-state index in [1.165, 1.54) is 5.56 Å². The van der Waals surface area contributed by atoms with Crippen LogP contribution in [-0.4, -0.2) is 0 Å². The zero-order chi connectivity index (χ0) is 16.5. The highest BCUT2D eigenvalue weighted by Crippen LogP contribution is 2.18. The Hall–Kier alpha value is -1.35. The van der Waals surface area contributed by atoms with Gasteiger partial charge < -0.3 is 10.5 Å². The third-order valence-corrected chi connectivity index (χ3v) is 4.02. The molecule has 0 unspecified atom stereocenters. The van der Waals surface area contributed by atoms with Crippen LogP contribution >= 0.6 is 31.9 Å². The van der Waals surface area contributed by atoms with Crippen molar-refractivity contribution in [1.29, 1.82) is 5.26 Å². The van der Waals surface area contributed by atoms with E-state index < -0.39 is 0 Å². The third kappa shape index (κ3) is 6.61. The molecule has 2 atom stereocenters. The number of halogens is 2. The lowest BCUT2D eigenvalue weighted by molar-refractivity contribution is 0.182. The molecule has 2 aromatic rings. The summed E-state index contributed by atoms with van der Waals surface area (Å²) in [4.78, 5) is 0. The maximum Gasteiger partial charge on any atom is 0.286 e. The number of rotatable bonds is 3. The van der Waals surface area contributed by atoms with Crippen LogP contribution in [0.25, 0.3) is 0 Å². The monoisotopic (exact) mass is 424 g/mol. The van der Waals surface area contributed by atoms with Crippen LogP contribution in [0.15, 0.2) is 57.5 Å². The summed E-state index contributed by atoms with van der Waals surface area (Å²) in [5.41, 5.74) is 7.82. The molecule has 116 valence electrons. The first-order valence-corrected chi connectivity index (χ1v) is 8.34. The van der Waals surface area contributed by atoms with Gasteiger partial charge in [0.25, 0.3) is 6.26 Å². The van der Waals surface area contributed by atoms with Gasteiger partial charge in [0, 0.05) is 15.0 Å². The van der Waals surface area contributed by atoms with Crippen molar-refractivity contribution in [1.82, 2.24) is 0 Å². The quantitative estimate of drug-likeness (QED) is 0.662. The summed E-state index contributed by atoms with van der Waals surface area (Å²) < 4.78 is 6.88. The van der Waals surface area contributed by atoms with Gasteiger partial charge in [0.15, 0.2) is 0 Å². The molecule has 0 saturated heterocycles. The molecule has 0 fully saturated rings. The van der Waals surface area contributed by atoms with E-state index in [4.69, 9.17) is 15.7 Å². The van der Waals surface area contributed by atoms with Gasteiger partial charge in [-0.1, -0.05) is 56.1 Å². The fourth-order valence-corrected chi connectivity index (χ4v) is 2.18. The van der Waals surface area contributed by atoms with Crippen molar-refractivity contribution in [3.63, 3.8) is 0 Å². The van der Waals surface area contributed by atoms with Gasteiger partial charge in [0.05, 0.1) is 0 Å². The Kier molecular flexibility index (Phi) is 8.18. The minimum atomic E-state index is -0.164. The zero-order valence-electron chi connectivity index (χ0n) is 12.5. The molecule has 0 radical (unpaired) electrons. The molecule has 0 aliphatic heterocycles. The molecule has 2 N–H and O–H groups in total. The molecule has 0 heterocycles. The summed E-state index contributed by atoms with van der Waals surface area (Å²) in [6, 6.07) is 15.9. The third-order valence-electron chi connectivity index (χ3n) is 2.96. The van der Waals surface area contributed by atoms with Crippen molar-refractivity contribution in [2.75, 3.05) is 0 Å². The van der Waals surface area contributed by atoms with Crippen molar-refractivity contribution in [2.24, 2.45) is 5.73 Å². The summed E-state index contributed by atoms with van der Waals surface area (Å²) in [6.07, 6.45) is 1.51. The standard InChI is InChI=1S/C9H8BrNO.C8H10BrN/c1-7(12-6-11)8-2-4-9(10)5-3-8;1-6(10)7-2-4-8(9)5-3-7/h2-5,7H,1H3;2-6H,10H2,1H3/t7-;6-/m00/s1. The topological polar surface area (TPSA) is 59.0 Å². The molecular formula is C17H18Br2N2O. The van der Waals surface area contributed by atoms with Crippen molar-refractivity contribution in [2.45, 2.75) is 26.0 Å². The lowest BCUT2D eigenvalue weighted by Gasteiger charge is -2.07. The van der Waals surface area contributed by atoms with Gasteiger partial charge in [-0.3, -0.25) is 0 Å². The number of hydrogen-bond acceptors (Lipinski definition) is 3. The van der Waals surface area contributed by atoms with E-state index in [0.29, 0.717) is 0 Å². The van der Waals surface area contributed by atoms with E-state index >= 15 is 0 Å². The molecule has 0 amide bonds. The summed E-state index contributed by atoms with van der Waals surface area (Å²) in [5.74, 6) is 0. The number of nitrogens with two attached hydrogens (primary N) is 1. The van der Waals surface area contributed by atoms with E-state index in [1.54, 1.807) is 6.26 Å². The van der Waals surface area contributed by atoms with Crippen LogP contribution in [0.2, 0.25) is 0 Å². The highest BCUT2D eigenvalue weighted by atomic mass is 79.9. The second-order valence-electron chi connectivity index (χ2n) is 4.74. The molecular weight excluding hydrogens is 408 g/mol. The lowest BCUT2D eigenvalue weighted by atomic mass is 10.1. The SMILES string of the molecule is C[C@H](N)c1ccc(Br)cc1.C[C@H](OC#N)c1ccc(Br)cc1. The number of hydrogen-bond donors (Lipinski definition) is 1. The van der Waals surface area contributed by atoms with Crippen molar-refractivity contribution < 1.29 is 4.74 Å². The fourth-order valence-electron chi connectivity index (χ4n) is 1.65. The Bertz CT molecular complexity index is 604. The second-order valence-corrected chi connectivity index (χ2v) is 6.57. The Balaban J connectivity index is 0.000000224. The van der Waals surface area contributed by atoms with Crippen LogP contribution in [0.3, 0.4) is 0 Å². The predicted octanol–water partition coefficient (Wildman–Crippen LogP) is 5.48. The zero-order valence-corrected chi connectivity index (χ0v) is 15.6. The first-order valence-electron chi connectivity index (χ1n) is 6.75. The number of nitrogens with zero attached hydrogens (tertiary/aromatic N) is 1. The van der Waals surface area contributed by atoms with E-state index in [9.17, 15) is 0 Å². The second kappa shape index (κ2) is 9.62. The van der Waals surface area contributed by atoms with Crippen molar-refractivity contribution in [3.8, 4) is 6.26 Å². The summed E-state index contributed by atoms with van der Waals surface area (Å²) in [6.45, 7) is 3.82. The molecule has 2 aromatic carbocycles. The van der Waals surface area contributed by atoms with Crippen LogP contribution in [0.1, 0.15) is 37.1 Å². The van der Waals surface area contributed by atoms with E-state index in [2.05, 4.69) is 31.9 Å². The van der Waals surface area contributed by atoms with Crippen molar-refractivity contribution >= 4 is 31.9 Å². The Morgan fingerprint density at radius 3 is 1.68 bits per heavy atom. The molecule has 3 nitrogen and oxygen atoms in total. The molecule has 2 rings (SSSR count). The van der Waals surface area contributed by atoms with Gasteiger partial charge in [-0.25, -0.2) is 0 Å². The van der Waals surface area contributed by atoms with Gasteiger partial charge in [0.2, 0.25) is 0 Å². The molecule has 22 heavy (non-hydrogen) atoms. The molecule has 0 aromatic heterocycles. The van der Waals surface area contributed by atoms with Gasteiger partial charge in [-0.2, -0.15) is 5.26 Å². The smallest absolute Gasteiger partial charge is 0.286 e. The molecule has 0 bridgehead atoms. The number of nitriles is 1. The first-order chi connectivity index (χ1) is 10.4. The maximum atomic E-state index is 8.27. The lowest BCUT2D eigenvalue weighted by Crippen LogP contribution is -2.03. The molecule has 0 spiro atoms. The van der Waals surface area contributed by atoms with E-state index in [1.807, 2.05) is 62.4 Å². The van der Waals surface area contributed by atoms with Crippen LogP contribution in [0.5, 0.6) is 0 Å². The van der Waals surface area contributed by atoms with E-state index in [0.717, 1.165) is 14.5 Å². The van der Waals surface area contributed by atoms with Crippen LogP contribution in [0.4, 0.5) is 0 Å². The summed E-state index contributed by atoms with van der Waals surface area (Å²) in [5, 5.41) is 8.27. The molecule has 5 heteroatoms. The number of ether oxygens (including phenoxy) is 1. The Morgan fingerprint density at radius 2 is 1.32 bits per heavy atom. The average Bonchev–Trinajstić information content (AvgIpc) is 2.49. The minimum Gasteiger partial charge on any atom is -0.420 e. The predicted molar refractivity (Wildman–Crippen MR) is 96.0 cm³/mol. The van der Waals surface area contributed by atoms with Crippen LogP contribution < -0.4 is 5.73 Å². The van der Waals surface area contributed by atoms with E-state index in [-0.39, 0.29) is 12.1 Å².